The molecule has 0 aliphatic carbocycles. The minimum Gasteiger partial charge on any atom is -0.476 e. The summed E-state index contributed by atoms with van der Waals surface area (Å²) in [4.78, 5) is 14.6. The van der Waals surface area contributed by atoms with Crippen molar-refractivity contribution in [2.75, 3.05) is 12.4 Å². The van der Waals surface area contributed by atoms with Gasteiger partial charge in [-0.3, -0.25) is 9.48 Å². The molecule has 0 saturated carbocycles. The minimum absolute atomic E-state index is 0.107. The van der Waals surface area contributed by atoms with E-state index < -0.39 is 0 Å². The molecule has 28 heavy (non-hydrogen) atoms. The van der Waals surface area contributed by atoms with Gasteiger partial charge >= 0.3 is 0 Å². The summed E-state index contributed by atoms with van der Waals surface area (Å²) >= 11 is 1.42. The molecule has 0 radical (unpaired) electrons. The van der Waals surface area contributed by atoms with Crippen molar-refractivity contribution in [2.45, 2.75) is 78.8 Å². The first-order valence-corrected chi connectivity index (χ1v) is 10.9. The zero-order chi connectivity index (χ0) is 20.8. The van der Waals surface area contributed by atoms with Gasteiger partial charge in [0.25, 0.3) is 0 Å². The summed E-state index contributed by atoms with van der Waals surface area (Å²) < 4.78 is 9.52. The zero-order valence-corrected chi connectivity index (χ0v) is 18.8. The average molecular weight is 409 g/mol. The Hall–Kier alpha value is -2.03. The van der Waals surface area contributed by atoms with Crippen molar-refractivity contribution in [3.63, 3.8) is 0 Å². The SMILES string of the molecule is CCOc1nn(CC)cc1-c1nnc(SCC(=O)N(C(C)C)C(C)C)n1CC. The third-order valence-electron chi connectivity index (χ3n) is 4.33. The Morgan fingerprint density at radius 2 is 1.82 bits per heavy atom. The van der Waals surface area contributed by atoms with Crippen LogP contribution in [0.2, 0.25) is 0 Å². The van der Waals surface area contributed by atoms with E-state index in [1.807, 2.05) is 68.8 Å². The fourth-order valence-corrected chi connectivity index (χ4v) is 4.09. The molecule has 156 valence electrons. The van der Waals surface area contributed by atoms with E-state index >= 15 is 0 Å². The van der Waals surface area contributed by atoms with E-state index in [0.29, 0.717) is 30.6 Å². The Labute approximate surface area is 171 Å². The van der Waals surface area contributed by atoms with Gasteiger partial charge in [-0.05, 0) is 48.5 Å². The van der Waals surface area contributed by atoms with E-state index in [0.717, 1.165) is 17.3 Å². The number of nitrogens with zero attached hydrogens (tertiary/aromatic N) is 6. The van der Waals surface area contributed by atoms with Crippen LogP contribution in [0.5, 0.6) is 5.88 Å². The molecule has 2 aromatic heterocycles. The summed E-state index contributed by atoms with van der Waals surface area (Å²) in [5, 5.41) is 13.9. The van der Waals surface area contributed by atoms with Crippen LogP contribution < -0.4 is 4.74 Å². The summed E-state index contributed by atoms with van der Waals surface area (Å²) in [5.41, 5.74) is 0.821. The molecule has 0 spiro atoms. The largest absolute Gasteiger partial charge is 0.476 e. The van der Waals surface area contributed by atoms with Crippen LogP contribution in [0.15, 0.2) is 11.4 Å². The molecule has 0 aliphatic heterocycles. The second-order valence-corrected chi connectivity index (χ2v) is 7.91. The van der Waals surface area contributed by atoms with Gasteiger partial charge in [-0.25, -0.2) is 0 Å². The highest BCUT2D eigenvalue weighted by Crippen LogP contribution is 2.30. The van der Waals surface area contributed by atoms with Gasteiger partial charge in [-0.15, -0.1) is 15.3 Å². The van der Waals surface area contributed by atoms with E-state index in [1.54, 1.807) is 0 Å². The monoisotopic (exact) mass is 408 g/mol. The van der Waals surface area contributed by atoms with E-state index in [4.69, 9.17) is 4.74 Å². The Morgan fingerprint density at radius 1 is 1.14 bits per heavy atom. The fourth-order valence-electron chi connectivity index (χ4n) is 3.22. The maximum absolute atomic E-state index is 12.7. The van der Waals surface area contributed by atoms with Crippen LogP contribution in [0.3, 0.4) is 0 Å². The molecular weight excluding hydrogens is 376 g/mol. The summed E-state index contributed by atoms with van der Waals surface area (Å²) in [7, 11) is 0. The Balaban J connectivity index is 2.25. The second-order valence-electron chi connectivity index (χ2n) is 6.96. The number of rotatable bonds is 10. The maximum atomic E-state index is 12.7. The Morgan fingerprint density at radius 3 is 2.36 bits per heavy atom. The molecule has 0 fully saturated rings. The summed E-state index contributed by atoms with van der Waals surface area (Å²) in [6, 6.07) is 0.336. The highest BCUT2D eigenvalue weighted by molar-refractivity contribution is 7.99. The van der Waals surface area contributed by atoms with Gasteiger partial charge in [0.1, 0.15) is 5.56 Å². The Kier molecular flexibility index (Phi) is 7.91. The third kappa shape index (κ3) is 4.87. The normalized spacial score (nSPS) is 11.5. The molecule has 0 atom stereocenters. The molecule has 0 aromatic carbocycles. The van der Waals surface area contributed by atoms with Crippen LogP contribution in [0, 0.1) is 0 Å². The number of carbonyl (C=O) groups excluding carboxylic acids is 1. The van der Waals surface area contributed by atoms with Crippen LogP contribution in [-0.2, 0) is 17.9 Å². The van der Waals surface area contributed by atoms with Crippen LogP contribution in [0.1, 0.15) is 48.5 Å². The van der Waals surface area contributed by atoms with Crippen LogP contribution >= 0.6 is 11.8 Å². The maximum Gasteiger partial charge on any atom is 0.243 e. The van der Waals surface area contributed by atoms with Crippen LogP contribution in [0.4, 0.5) is 0 Å². The lowest BCUT2D eigenvalue weighted by atomic mass is 10.2. The predicted molar refractivity (Wildman–Crippen MR) is 112 cm³/mol. The number of thioether (sulfide) groups is 1. The fraction of sp³-hybridized carbons (Fsp3) is 0.684. The van der Waals surface area contributed by atoms with Gasteiger partial charge in [-0.1, -0.05) is 11.8 Å². The zero-order valence-electron chi connectivity index (χ0n) is 18.0. The molecule has 8 nitrogen and oxygen atoms in total. The molecule has 0 unspecified atom stereocenters. The number of carbonyl (C=O) groups is 1. The lowest BCUT2D eigenvalue weighted by molar-refractivity contribution is -0.131. The van der Waals surface area contributed by atoms with E-state index in [2.05, 4.69) is 15.3 Å². The Bertz CT molecular complexity index is 775. The molecule has 0 aliphatic rings. The standard InChI is InChI=1S/C19H32N6O2S/c1-8-23-11-15(18(22-23)27-10-3)17-20-21-19(24(17)9-2)28-12-16(26)25(13(4)5)14(6)7/h11,13-14H,8-10,12H2,1-7H3. The molecule has 2 heterocycles. The molecule has 0 saturated heterocycles. The molecular formula is C19H32N6O2S. The minimum atomic E-state index is 0.107. The van der Waals surface area contributed by atoms with E-state index in [1.165, 1.54) is 11.8 Å². The quantitative estimate of drug-likeness (QED) is 0.561. The molecule has 0 N–H and O–H groups in total. The van der Waals surface area contributed by atoms with Crippen LogP contribution in [-0.4, -0.2) is 59.8 Å². The van der Waals surface area contributed by atoms with Gasteiger partial charge in [0.2, 0.25) is 11.8 Å². The molecule has 2 aromatic rings. The van der Waals surface area contributed by atoms with Gasteiger partial charge in [-0.2, -0.15) is 0 Å². The highest BCUT2D eigenvalue weighted by Gasteiger charge is 2.23. The van der Waals surface area contributed by atoms with Crippen molar-refractivity contribution in [1.82, 2.24) is 29.4 Å². The second kappa shape index (κ2) is 9.95. The van der Waals surface area contributed by atoms with Crippen molar-refractivity contribution >= 4 is 17.7 Å². The lowest BCUT2D eigenvalue weighted by Gasteiger charge is -2.30. The van der Waals surface area contributed by atoms with Crippen molar-refractivity contribution in [3.05, 3.63) is 6.20 Å². The molecule has 2 rings (SSSR count). The lowest BCUT2D eigenvalue weighted by Crippen LogP contribution is -2.43. The van der Waals surface area contributed by atoms with E-state index in [9.17, 15) is 4.79 Å². The third-order valence-corrected chi connectivity index (χ3v) is 5.28. The molecule has 9 heteroatoms. The van der Waals surface area contributed by atoms with Crippen molar-refractivity contribution in [2.24, 2.45) is 0 Å². The first-order valence-electron chi connectivity index (χ1n) is 9.91. The topological polar surface area (TPSA) is 78.1 Å². The summed E-state index contributed by atoms with van der Waals surface area (Å²) in [5.74, 6) is 1.71. The number of aromatic nitrogens is 5. The summed E-state index contributed by atoms with van der Waals surface area (Å²) in [6.45, 7) is 16.1. The van der Waals surface area contributed by atoms with Crippen molar-refractivity contribution in [1.29, 1.82) is 0 Å². The number of aryl methyl sites for hydroxylation is 1. The first kappa shape index (κ1) is 22.3. The number of hydrogen-bond donors (Lipinski definition) is 0. The van der Waals surface area contributed by atoms with Crippen molar-refractivity contribution in [3.8, 4) is 17.3 Å². The highest BCUT2D eigenvalue weighted by atomic mass is 32.2. The smallest absolute Gasteiger partial charge is 0.243 e. The number of amides is 1. The van der Waals surface area contributed by atoms with Gasteiger partial charge in [0, 0.05) is 31.4 Å². The van der Waals surface area contributed by atoms with Gasteiger partial charge in [0.15, 0.2) is 11.0 Å². The molecule has 1 amide bonds. The van der Waals surface area contributed by atoms with Gasteiger partial charge < -0.3 is 14.2 Å². The van der Waals surface area contributed by atoms with E-state index in [-0.39, 0.29) is 18.0 Å². The molecule has 0 bridgehead atoms. The summed E-state index contributed by atoms with van der Waals surface area (Å²) in [6.07, 6.45) is 1.93. The van der Waals surface area contributed by atoms with Crippen molar-refractivity contribution < 1.29 is 9.53 Å². The average Bonchev–Trinajstić information content (AvgIpc) is 3.22. The number of ether oxygens (including phenoxy) is 1. The van der Waals surface area contributed by atoms with Gasteiger partial charge in [0.05, 0.1) is 12.4 Å². The van der Waals surface area contributed by atoms with Crippen LogP contribution in [0.25, 0.3) is 11.4 Å². The first-order chi connectivity index (χ1) is 13.3. The number of hydrogen-bond acceptors (Lipinski definition) is 6. The predicted octanol–water partition coefficient (Wildman–Crippen LogP) is 3.32.